The molecular formula is C13H13F3N2O. The third-order valence-corrected chi connectivity index (χ3v) is 3.29. The van der Waals surface area contributed by atoms with Crippen LogP contribution in [-0.2, 0) is 16.5 Å². The van der Waals surface area contributed by atoms with E-state index in [1.165, 1.54) is 12.1 Å². The Kier molecular flexibility index (Phi) is 3.14. The maximum atomic E-state index is 12.8. The van der Waals surface area contributed by atoms with E-state index in [0.717, 1.165) is 12.1 Å². The summed E-state index contributed by atoms with van der Waals surface area (Å²) >= 11 is 0. The van der Waals surface area contributed by atoms with Gasteiger partial charge in [-0.1, -0.05) is 0 Å². The van der Waals surface area contributed by atoms with E-state index >= 15 is 0 Å². The molecule has 0 bridgehead atoms. The molecular weight excluding hydrogens is 257 g/mol. The van der Waals surface area contributed by atoms with E-state index in [2.05, 4.69) is 4.99 Å². The zero-order chi connectivity index (χ0) is 14.3. The molecule has 1 aromatic carbocycles. The van der Waals surface area contributed by atoms with Gasteiger partial charge in [-0.15, -0.1) is 0 Å². The number of hydrogen-bond acceptors (Lipinski definition) is 3. The third kappa shape index (κ3) is 2.49. The summed E-state index contributed by atoms with van der Waals surface area (Å²) in [6, 6.07) is 3.54. The van der Waals surface area contributed by atoms with Crippen LogP contribution in [0.15, 0.2) is 23.2 Å². The second-order valence-electron chi connectivity index (χ2n) is 4.86. The first-order valence-electron chi connectivity index (χ1n) is 5.78. The first kappa shape index (κ1) is 13.6. The lowest BCUT2D eigenvalue weighted by Gasteiger charge is -2.22. The van der Waals surface area contributed by atoms with E-state index in [1.54, 1.807) is 19.0 Å². The zero-order valence-corrected chi connectivity index (χ0v) is 10.6. The van der Waals surface area contributed by atoms with Gasteiger partial charge in [0.1, 0.15) is 5.54 Å². The Bertz CT molecular complexity index is 541. The Morgan fingerprint density at radius 3 is 2.37 bits per heavy atom. The Morgan fingerprint density at radius 1 is 1.32 bits per heavy atom. The average molecular weight is 270 g/mol. The summed E-state index contributed by atoms with van der Waals surface area (Å²) in [5.41, 5.74) is -0.455. The van der Waals surface area contributed by atoms with Gasteiger partial charge in [-0.25, -0.2) is 4.79 Å². The van der Waals surface area contributed by atoms with Crippen LogP contribution in [0.25, 0.3) is 0 Å². The summed E-state index contributed by atoms with van der Waals surface area (Å²) in [7, 11) is 3.49. The number of rotatable bonds is 3. The molecule has 2 rings (SSSR count). The fourth-order valence-electron chi connectivity index (χ4n) is 2.12. The van der Waals surface area contributed by atoms with Gasteiger partial charge in [0.25, 0.3) is 0 Å². The predicted molar refractivity (Wildman–Crippen MR) is 64.8 cm³/mol. The third-order valence-electron chi connectivity index (χ3n) is 3.29. The molecule has 1 aromatic rings. The summed E-state index contributed by atoms with van der Waals surface area (Å²) in [6.45, 7) is 0. The number of halogens is 3. The van der Waals surface area contributed by atoms with E-state index in [4.69, 9.17) is 0 Å². The van der Waals surface area contributed by atoms with Gasteiger partial charge in [0, 0.05) is 25.3 Å². The van der Waals surface area contributed by atoms with E-state index in [1.807, 2.05) is 0 Å². The molecule has 0 aliphatic heterocycles. The van der Waals surface area contributed by atoms with E-state index in [-0.39, 0.29) is 0 Å². The minimum Gasteiger partial charge on any atom is -0.377 e. The lowest BCUT2D eigenvalue weighted by atomic mass is 9.99. The normalized spacial score (nSPS) is 16.7. The molecule has 3 nitrogen and oxygen atoms in total. The van der Waals surface area contributed by atoms with Gasteiger partial charge < -0.3 is 4.90 Å². The molecule has 0 N–H and O–H groups in total. The summed E-state index contributed by atoms with van der Waals surface area (Å²) in [6.07, 6.45) is -1.79. The van der Waals surface area contributed by atoms with Crippen LogP contribution < -0.4 is 4.90 Å². The molecule has 1 saturated carbocycles. The predicted octanol–water partition coefficient (Wildman–Crippen LogP) is 3.10. The van der Waals surface area contributed by atoms with Gasteiger partial charge in [-0.3, -0.25) is 0 Å². The topological polar surface area (TPSA) is 32.7 Å². The Labute approximate surface area is 108 Å². The number of benzene rings is 1. The van der Waals surface area contributed by atoms with Gasteiger partial charge >= 0.3 is 6.18 Å². The lowest BCUT2D eigenvalue weighted by molar-refractivity contribution is -0.137. The van der Waals surface area contributed by atoms with Crippen LogP contribution in [0.1, 0.15) is 24.0 Å². The molecule has 0 amide bonds. The van der Waals surface area contributed by atoms with Gasteiger partial charge in [-0.2, -0.15) is 18.2 Å². The molecule has 19 heavy (non-hydrogen) atoms. The van der Waals surface area contributed by atoms with Crippen molar-refractivity contribution in [2.24, 2.45) is 4.99 Å². The van der Waals surface area contributed by atoms with Gasteiger partial charge in [-0.05, 0) is 31.0 Å². The second kappa shape index (κ2) is 4.38. The maximum absolute atomic E-state index is 12.8. The number of isocyanates is 1. The van der Waals surface area contributed by atoms with Gasteiger partial charge in [0.15, 0.2) is 0 Å². The molecule has 0 radical (unpaired) electrons. The van der Waals surface area contributed by atoms with Crippen LogP contribution in [0.2, 0.25) is 0 Å². The number of carbonyl (C=O) groups excluding carboxylic acids is 1. The highest BCUT2D eigenvalue weighted by molar-refractivity contribution is 5.60. The SMILES string of the molecule is CN(C)c1ccc(C(F)(F)F)cc1C1(N=C=O)CC1. The highest BCUT2D eigenvalue weighted by Crippen LogP contribution is 2.53. The Hall–Kier alpha value is -1.81. The summed E-state index contributed by atoms with van der Waals surface area (Å²) in [5.74, 6) is 0. The standard InChI is InChI=1S/C13H13F3N2O/c1-18(2)11-4-3-9(13(14,15)16)7-10(11)12(5-6-12)17-8-19/h3-4,7H,5-6H2,1-2H3. The van der Waals surface area contributed by atoms with Crippen molar-refractivity contribution in [2.45, 2.75) is 24.6 Å². The summed E-state index contributed by atoms with van der Waals surface area (Å²) in [5, 5.41) is 0. The minimum absolute atomic E-state index is 0.440. The fourth-order valence-corrected chi connectivity index (χ4v) is 2.12. The summed E-state index contributed by atoms with van der Waals surface area (Å²) < 4.78 is 38.3. The van der Waals surface area contributed by atoms with Gasteiger partial charge in [0.05, 0.1) is 5.56 Å². The van der Waals surface area contributed by atoms with Crippen molar-refractivity contribution in [2.75, 3.05) is 19.0 Å². The van der Waals surface area contributed by atoms with Crippen molar-refractivity contribution < 1.29 is 18.0 Å². The van der Waals surface area contributed by atoms with Crippen molar-refractivity contribution in [3.05, 3.63) is 29.3 Å². The van der Waals surface area contributed by atoms with Crippen LogP contribution in [0.3, 0.4) is 0 Å². The van der Waals surface area contributed by atoms with Crippen LogP contribution >= 0.6 is 0 Å². The van der Waals surface area contributed by atoms with Crippen molar-refractivity contribution in [3.63, 3.8) is 0 Å². The number of aliphatic imine (C=N–C) groups is 1. The molecule has 0 saturated heterocycles. The maximum Gasteiger partial charge on any atom is 0.416 e. The number of hydrogen-bond donors (Lipinski definition) is 0. The van der Waals surface area contributed by atoms with Crippen molar-refractivity contribution in [1.29, 1.82) is 0 Å². The lowest BCUT2D eigenvalue weighted by Crippen LogP contribution is -2.17. The molecule has 1 aliphatic carbocycles. The Balaban J connectivity index is 2.58. The van der Waals surface area contributed by atoms with Crippen LogP contribution in [-0.4, -0.2) is 20.2 Å². The zero-order valence-electron chi connectivity index (χ0n) is 10.6. The minimum atomic E-state index is -4.40. The largest absolute Gasteiger partial charge is 0.416 e. The second-order valence-corrected chi connectivity index (χ2v) is 4.86. The molecule has 102 valence electrons. The van der Waals surface area contributed by atoms with Crippen LogP contribution in [0.5, 0.6) is 0 Å². The summed E-state index contributed by atoms with van der Waals surface area (Å²) in [4.78, 5) is 15.9. The molecule has 0 spiro atoms. The highest BCUT2D eigenvalue weighted by atomic mass is 19.4. The first-order valence-corrected chi connectivity index (χ1v) is 5.78. The molecule has 0 unspecified atom stereocenters. The molecule has 0 atom stereocenters. The number of anilines is 1. The van der Waals surface area contributed by atoms with Crippen molar-refractivity contribution in [1.82, 2.24) is 0 Å². The molecule has 6 heteroatoms. The van der Waals surface area contributed by atoms with Crippen molar-refractivity contribution in [3.8, 4) is 0 Å². The smallest absolute Gasteiger partial charge is 0.377 e. The fraction of sp³-hybridized carbons (Fsp3) is 0.462. The average Bonchev–Trinajstić information content (AvgIpc) is 3.08. The molecule has 0 heterocycles. The molecule has 1 aliphatic rings. The van der Waals surface area contributed by atoms with E-state index < -0.39 is 17.3 Å². The van der Waals surface area contributed by atoms with Crippen LogP contribution in [0.4, 0.5) is 18.9 Å². The van der Waals surface area contributed by atoms with Crippen molar-refractivity contribution >= 4 is 11.8 Å². The first-order chi connectivity index (χ1) is 8.80. The van der Waals surface area contributed by atoms with E-state index in [9.17, 15) is 18.0 Å². The Morgan fingerprint density at radius 2 is 1.95 bits per heavy atom. The molecule has 0 aromatic heterocycles. The van der Waals surface area contributed by atoms with Crippen LogP contribution in [0, 0.1) is 0 Å². The molecule has 1 fully saturated rings. The number of nitrogens with zero attached hydrogens (tertiary/aromatic N) is 2. The highest BCUT2D eigenvalue weighted by Gasteiger charge is 2.47. The number of alkyl halides is 3. The quantitative estimate of drug-likeness (QED) is 0.624. The van der Waals surface area contributed by atoms with E-state index in [0.29, 0.717) is 24.1 Å². The van der Waals surface area contributed by atoms with Gasteiger partial charge in [0.2, 0.25) is 6.08 Å². The monoisotopic (exact) mass is 270 g/mol.